The van der Waals surface area contributed by atoms with Crippen LogP contribution in [0.25, 0.3) is 111 Å². The van der Waals surface area contributed by atoms with Crippen molar-refractivity contribution in [1.29, 1.82) is 0 Å². The van der Waals surface area contributed by atoms with Gasteiger partial charge in [-0.1, -0.05) is 170 Å². The lowest BCUT2D eigenvalue weighted by atomic mass is 9.95. The van der Waals surface area contributed by atoms with E-state index in [0.29, 0.717) is 17.5 Å². The summed E-state index contributed by atoms with van der Waals surface area (Å²) in [6.45, 7) is 0. The number of fused-ring (bicyclic) bond motifs is 8. The van der Waals surface area contributed by atoms with Gasteiger partial charge in [-0.2, -0.15) is 0 Å². The van der Waals surface area contributed by atoms with Gasteiger partial charge in [0.1, 0.15) is 11.2 Å². The molecule has 4 nitrogen and oxygen atoms in total. The Morgan fingerprint density at radius 1 is 0.309 bits per heavy atom. The lowest BCUT2D eigenvalue weighted by Gasteiger charge is -2.12. The summed E-state index contributed by atoms with van der Waals surface area (Å²) in [7, 11) is 0. The molecule has 0 aliphatic heterocycles. The van der Waals surface area contributed by atoms with Crippen LogP contribution >= 0.6 is 0 Å². The topological polar surface area (TPSA) is 51.8 Å². The highest BCUT2D eigenvalue weighted by molar-refractivity contribution is 6.27. The quantitative estimate of drug-likeness (QED) is 0.168. The SMILES string of the molecule is c1ccc(-c2ccc(-c3nc(-c4ccc(-c5ccccc5)cc4)nc(-c4cc5ccc6ccccc6c5c5oc6cc7ccccc7cc6c45)n3)cc2)cc1. The van der Waals surface area contributed by atoms with Crippen molar-refractivity contribution in [2.45, 2.75) is 0 Å². The maximum absolute atomic E-state index is 6.91. The third-order valence-corrected chi connectivity index (χ3v) is 10.7. The first-order chi connectivity index (χ1) is 27.2. The van der Waals surface area contributed by atoms with Gasteiger partial charge in [0, 0.05) is 32.8 Å². The summed E-state index contributed by atoms with van der Waals surface area (Å²) in [4.78, 5) is 15.7. The molecule has 0 N–H and O–H groups in total. The second-order valence-electron chi connectivity index (χ2n) is 14.0. The summed E-state index contributed by atoms with van der Waals surface area (Å²) in [5, 5.41) is 8.76. The molecule has 0 saturated heterocycles. The van der Waals surface area contributed by atoms with Gasteiger partial charge in [0.05, 0.1) is 0 Å². The molecule has 11 rings (SSSR count). The van der Waals surface area contributed by atoms with Crippen LogP contribution in [0, 0.1) is 0 Å². The Kier molecular flexibility index (Phi) is 7.14. The normalized spacial score (nSPS) is 11.6. The molecule has 9 aromatic carbocycles. The molecule has 0 amide bonds. The highest BCUT2D eigenvalue weighted by Gasteiger charge is 2.22. The average molecular weight is 702 g/mol. The zero-order chi connectivity index (χ0) is 36.3. The summed E-state index contributed by atoms with van der Waals surface area (Å²) in [6, 6.07) is 65.7. The van der Waals surface area contributed by atoms with E-state index < -0.39 is 0 Å². The van der Waals surface area contributed by atoms with Crippen LogP contribution in [-0.2, 0) is 0 Å². The Balaban J connectivity index is 1.18. The maximum atomic E-state index is 6.91. The lowest BCUT2D eigenvalue weighted by Crippen LogP contribution is -2.01. The molecule has 0 radical (unpaired) electrons. The van der Waals surface area contributed by atoms with Crippen LogP contribution in [0.4, 0.5) is 0 Å². The van der Waals surface area contributed by atoms with Crippen molar-refractivity contribution < 1.29 is 4.42 Å². The fourth-order valence-electron chi connectivity index (χ4n) is 7.93. The standard InChI is InChI=1S/C51H31N3O/c1-3-11-32(12-4-1)34-19-24-37(25-20-34)49-52-50(38-26-21-35(22-27-38)33-13-5-2-6-14-33)54-51(53-49)44-30-41-28-23-36-15-9-10-18-42(36)46(41)48-47(44)43-29-39-16-7-8-17-40(39)31-45(43)55-48/h1-31H. The fourth-order valence-corrected chi connectivity index (χ4v) is 7.93. The monoisotopic (exact) mass is 701 g/mol. The van der Waals surface area contributed by atoms with Crippen molar-refractivity contribution >= 4 is 54.3 Å². The van der Waals surface area contributed by atoms with E-state index in [1.165, 1.54) is 0 Å². The first kappa shape index (κ1) is 31.1. The van der Waals surface area contributed by atoms with Gasteiger partial charge in [-0.25, -0.2) is 15.0 Å². The van der Waals surface area contributed by atoms with Gasteiger partial charge in [0.2, 0.25) is 0 Å². The van der Waals surface area contributed by atoms with Crippen LogP contribution in [-0.4, -0.2) is 15.0 Å². The predicted molar refractivity (Wildman–Crippen MR) is 227 cm³/mol. The summed E-state index contributed by atoms with van der Waals surface area (Å²) < 4.78 is 6.91. The molecule has 0 bridgehead atoms. The maximum Gasteiger partial charge on any atom is 0.164 e. The molecule has 0 atom stereocenters. The van der Waals surface area contributed by atoms with Gasteiger partial charge in [0.15, 0.2) is 17.5 Å². The average Bonchev–Trinajstić information content (AvgIpc) is 3.64. The Labute approximate surface area is 317 Å². The highest BCUT2D eigenvalue weighted by atomic mass is 16.3. The Morgan fingerprint density at radius 2 is 0.782 bits per heavy atom. The van der Waals surface area contributed by atoms with Crippen molar-refractivity contribution in [2.24, 2.45) is 0 Å². The third kappa shape index (κ3) is 5.34. The molecule has 0 saturated carbocycles. The second kappa shape index (κ2) is 12.6. The number of nitrogens with zero attached hydrogens (tertiary/aromatic N) is 3. The summed E-state index contributed by atoms with van der Waals surface area (Å²) >= 11 is 0. The van der Waals surface area contributed by atoms with E-state index in [4.69, 9.17) is 19.4 Å². The molecule has 0 fully saturated rings. The molecule has 0 unspecified atom stereocenters. The first-order valence-corrected chi connectivity index (χ1v) is 18.5. The van der Waals surface area contributed by atoms with Gasteiger partial charge in [-0.05, 0) is 67.4 Å². The molecule has 55 heavy (non-hydrogen) atoms. The van der Waals surface area contributed by atoms with E-state index in [0.717, 1.165) is 93.2 Å². The number of hydrogen-bond donors (Lipinski definition) is 0. The fraction of sp³-hybridized carbons (Fsp3) is 0. The number of furan rings is 1. The summed E-state index contributed by atoms with van der Waals surface area (Å²) in [5.41, 5.74) is 8.99. The Bertz CT molecular complexity index is 3120. The van der Waals surface area contributed by atoms with Gasteiger partial charge < -0.3 is 4.42 Å². The minimum Gasteiger partial charge on any atom is -0.455 e. The Morgan fingerprint density at radius 3 is 1.40 bits per heavy atom. The minimum atomic E-state index is 0.593. The molecule has 4 heteroatoms. The number of hydrogen-bond acceptors (Lipinski definition) is 4. The number of aromatic nitrogens is 3. The van der Waals surface area contributed by atoms with Gasteiger partial charge in [0.25, 0.3) is 0 Å². The van der Waals surface area contributed by atoms with Crippen molar-refractivity contribution in [3.63, 3.8) is 0 Å². The Hall–Kier alpha value is -7.43. The largest absolute Gasteiger partial charge is 0.455 e. The zero-order valence-corrected chi connectivity index (χ0v) is 29.6. The van der Waals surface area contributed by atoms with Crippen molar-refractivity contribution in [1.82, 2.24) is 15.0 Å². The number of benzene rings is 9. The molecular weight excluding hydrogens is 671 g/mol. The molecule has 256 valence electrons. The van der Waals surface area contributed by atoms with Gasteiger partial charge in [-0.3, -0.25) is 0 Å². The van der Waals surface area contributed by atoms with Crippen LogP contribution < -0.4 is 0 Å². The lowest BCUT2D eigenvalue weighted by molar-refractivity contribution is 0.673. The van der Waals surface area contributed by atoms with Crippen LogP contribution in [0.15, 0.2) is 192 Å². The van der Waals surface area contributed by atoms with Crippen molar-refractivity contribution in [2.75, 3.05) is 0 Å². The van der Waals surface area contributed by atoms with Crippen LogP contribution in [0.1, 0.15) is 0 Å². The third-order valence-electron chi connectivity index (χ3n) is 10.7. The molecule has 2 aromatic heterocycles. The van der Waals surface area contributed by atoms with Crippen molar-refractivity contribution in [3.8, 4) is 56.4 Å². The van der Waals surface area contributed by atoms with E-state index in [-0.39, 0.29) is 0 Å². The molecular formula is C51H31N3O. The zero-order valence-electron chi connectivity index (χ0n) is 29.6. The van der Waals surface area contributed by atoms with E-state index in [1.807, 2.05) is 12.1 Å². The summed E-state index contributed by atoms with van der Waals surface area (Å²) in [6.07, 6.45) is 0. The molecule has 11 aromatic rings. The van der Waals surface area contributed by atoms with Gasteiger partial charge in [-0.15, -0.1) is 0 Å². The first-order valence-electron chi connectivity index (χ1n) is 18.5. The van der Waals surface area contributed by atoms with Gasteiger partial charge >= 0.3 is 0 Å². The molecule has 0 aliphatic rings. The smallest absolute Gasteiger partial charge is 0.164 e. The van der Waals surface area contributed by atoms with E-state index >= 15 is 0 Å². The van der Waals surface area contributed by atoms with Crippen LogP contribution in [0.2, 0.25) is 0 Å². The van der Waals surface area contributed by atoms with Crippen LogP contribution in [0.3, 0.4) is 0 Å². The van der Waals surface area contributed by atoms with E-state index in [9.17, 15) is 0 Å². The second-order valence-corrected chi connectivity index (χ2v) is 14.0. The van der Waals surface area contributed by atoms with Crippen LogP contribution in [0.5, 0.6) is 0 Å². The van der Waals surface area contributed by atoms with E-state index in [1.54, 1.807) is 0 Å². The molecule has 0 spiro atoms. The highest BCUT2D eigenvalue weighted by Crippen LogP contribution is 2.44. The van der Waals surface area contributed by atoms with Crippen molar-refractivity contribution in [3.05, 3.63) is 188 Å². The van der Waals surface area contributed by atoms with E-state index in [2.05, 4.69) is 176 Å². The minimum absolute atomic E-state index is 0.593. The molecule has 2 heterocycles. The summed E-state index contributed by atoms with van der Waals surface area (Å²) in [5.74, 6) is 1.81. The number of rotatable bonds is 5. The molecule has 0 aliphatic carbocycles. The predicted octanol–water partition coefficient (Wildman–Crippen LogP) is 13.6.